The fourth-order valence-corrected chi connectivity index (χ4v) is 6.44. The van der Waals surface area contributed by atoms with Gasteiger partial charge in [-0.2, -0.15) is 24.4 Å². The Bertz CT molecular complexity index is 252. The van der Waals surface area contributed by atoms with Gasteiger partial charge >= 0.3 is 0 Å². The topological polar surface area (TPSA) is 20.2 Å². The monoisotopic (exact) mass is 244 g/mol. The van der Waals surface area contributed by atoms with Crippen LogP contribution in [0, 0.1) is 11.8 Å². The van der Waals surface area contributed by atoms with E-state index in [4.69, 9.17) is 0 Å². The Morgan fingerprint density at radius 1 is 1.20 bits per heavy atom. The van der Waals surface area contributed by atoms with Crippen LogP contribution in [0.25, 0.3) is 0 Å². The molecule has 4 fully saturated rings. The molecule has 2 unspecified atom stereocenters. The summed E-state index contributed by atoms with van der Waals surface area (Å²) in [7, 11) is 0. The zero-order valence-electron chi connectivity index (χ0n) is 9.11. The molecule has 0 spiro atoms. The Morgan fingerprint density at radius 2 is 1.87 bits per heavy atom. The van der Waals surface area contributed by atoms with Gasteiger partial charge < -0.3 is 5.11 Å². The summed E-state index contributed by atoms with van der Waals surface area (Å²) < 4.78 is 0.432. The lowest BCUT2D eigenvalue weighted by Crippen LogP contribution is -2.57. The van der Waals surface area contributed by atoms with Crippen LogP contribution in [0.3, 0.4) is 0 Å². The van der Waals surface area contributed by atoms with Crippen molar-refractivity contribution in [2.24, 2.45) is 11.8 Å². The maximum Gasteiger partial charge on any atom is 0.0666 e. The largest absolute Gasteiger partial charge is 0.390 e. The maximum atomic E-state index is 10.5. The van der Waals surface area contributed by atoms with Gasteiger partial charge in [-0.3, -0.25) is 0 Å². The molecule has 2 atom stereocenters. The van der Waals surface area contributed by atoms with Gasteiger partial charge in [-0.05, 0) is 56.1 Å². The highest BCUT2D eigenvalue weighted by Gasteiger charge is 2.57. The fourth-order valence-electron chi connectivity index (χ4n) is 4.56. The Labute approximate surface area is 102 Å². The first kappa shape index (κ1) is 10.8. The molecule has 86 valence electrons. The van der Waals surface area contributed by atoms with E-state index in [1.807, 2.05) is 0 Å². The Balaban J connectivity index is 1.80. The predicted octanol–water partition coefficient (Wildman–Crippen LogP) is 2.73. The standard InChI is InChI=1S/C12H20OS2/c13-11-4-9-3-10(5-11)7-12(6-9,8-11)15-2-1-14/h9-10,13-14H,1-8H2. The van der Waals surface area contributed by atoms with Gasteiger partial charge in [0.2, 0.25) is 0 Å². The SMILES string of the molecule is OC12CC3CC(C1)CC(SCCS)(C3)C2. The molecule has 1 N–H and O–H groups in total. The van der Waals surface area contributed by atoms with E-state index in [2.05, 4.69) is 24.4 Å². The van der Waals surface area contributed by atoms with Gasteiger partial charge in [0, 0.05) is 10.5 Å². The van der Waals surface area contributed by atoms with Crippen molar-refractivity contribution in [1.82, 2.24) is 0 Å². The summed E-state index contributed by atoms with van der Waals surface area (Å²) in [4.78, 5) is 0. The Hall–Kier alpha value is 0.660. The van der Waals surface area contributed by atoms with Crippen LogP contribution in [0.2, 0.25) is 0 Å². The van der Waals surface area contributed by atoms with Crippen LogP contribution in [0.15, 0.2) is 0 Å². The molecule has 0 aromatic rings. The van der Waals surface area contributed by atoms with E-state index in [0.29, 0.717) is 4.75 Å². The summed E-state index contributed by atoms with van der Waals surface area (Å²) in [5, 5.41) is 10.5. The van der Waals surface area contributed by atoms with Crippen LogP contribution in [-0.4, -0.2) is 27.0 Å². The molecule has 4 aliphatic rings. The minimum atomic E-state index is -0.284. The number of rotatable bonds is 3. The minimum Gasteiger partial charge on any atom is -0.390 e. The lowest BCUT2D eigenvalue weighted by molar-refractivity contribution is -0.113. The fraction of sp³-hybridized carbons (Fsp3) is 1.00. The third-order valence-electron chi connectivity index (χ3n) is 4.48. The highest BCUT2D eigenvalue weighted by Crippen LogP contribution is 2.61. The molecule has 4 saturated carbocycles. The molecule has 15 heavy (non-hydrogen) atoms. The third-order valence-corrected chi connectivity index (χ3v) is 6.50. The van der Waals surface area contributed by atoms with E-state index in [0.717, 1.165) is 42.6 Å². The third kappa shape index (κ3) is 1.85. The van der Waals surface area contributed by atoms with Crippen LogP contribution in [-0.2, 0) is 0 Å². The van der Waals surface area contributed by atoms with Gasteiger partial charge in [-0.1, -0.05) is 0 Å². The average molecular weight is 244 g/mol. The molecule has 3 heteroatoms. The number of thiol groups is 1. The van der Waals surface area contributed by atoms with Gasteiger partial charge in [-0.15, -0.1) is 0 Å². The molecule has 0 aromatic carbocycles. The van der Waals surface area contributed by atoms with E-state index in [-0.39, 0.29) is 5.60 Å². The summed E-state index contributed by atoms with van der Waals surface area (Å²) in [6.45, 7) is 0. The van der Waals surface area contributed by atoms with Crippen molar-refractivity contribution >= 4 is 24.4 Å². The van der Waals surface area contributed by atoms with Crippen LogP contribution < -0.4 is 0 Å². The minimum absolute atomic E-state index is 0.284. The van der Waals surface area contributed by atoms with Crippen molar-refractivity contribution < 1.29 is 5.11 Å². The van der Waals surface area contributed by atoms with Crippen molar-refractivity contribution in [3.8, 4) is 0 Å². The van der Waals surface area contributed by atoms with Gasteiger partial charge in [0.1, 0.15) is 0 Å². The highest BCUT2D eigenvalue weighted by molar-refractivity contribution is 8.01. The van der Waals surface area contributed by atoms with Gasteiger partial charge in [0.25, 0.3) is 0 Å². The number of hydrogen-bond acceptors (Lipinski definition) is 3. The molecular weight excluding hydrogens is 224 g/mol. The first-order chi connectivity index (χ1) is 7.13. The van der Waals surface area contributed by atoms with Crippen molar-refractivity contribution in [2.75, 3.05) is 11.5 Å². The molecule has 0 saturated heterocycles. The zero-order valence-corrected chi connectivity index (χ0v) is 10.8. The molecule has 0 radical (unpaired) electrons. The summed E-state index contributed by atoms with van der Waals surface area (Å²) in [5.74, 6) is 3.77. The second-order valence-electron chi connectivity index (χ2n) is 5.94. The van der Waals surface area contributed by atoms with Crippen molar-refractivity contribution in [3.63, 3.8) is 0 Å². The van der Waals surface area contributed by atoms with E-state index in [1.165, 1.54) is 19.3 Å². The normalized spacial score (nSPS) is 52.4. The quantitative estimate of drug-likeness (QED) is 0.745. The van der Waals surface area contributed by atoms with E-state index < -0.39 is 0 Å². The van der Waals surface area contributed by atoms with Gasteiger partial charge in [0.05, 0.1) is 5.60 Å². The summed E-state index contributed by atoms with van der Waals surface area (Å²) in [6.07, 6.45) is 7.37. The number of hydrogen-bond donors (Lipinski definition) is 2. The second kappa shape index (κ2) is 3.58. The molecular formula is C12H20OS2. The van der Waals surface area contributed by atoms with Crippen LogP contribution in [0.5, 0.6) is 0 Å². The van der Waals surface area contributed by atoms with Gasteiger partial charge in [-0.25, -0.2) is 0 Å². The predicted molar refractivity (Wildman–Crippen MR) is 68.7 cm³/mol. The van der Waals surface area contributed by atoms with Crippen LogP contribution in [0.1, 0.15) is 38.5 Å². The first-order valence-corrected chi connectivity index (χ1v) is 7.72. The first-order valence-electron chi connectivity index (χ1n) is 6.10. The average Bonchev–Trinajstić information content (AvgIpc) is 2.10. The molecule has 1 nitrogen and oxygen atoms in total. The molecule has 0 aromatic heterocycles. The molecule has 0 heterocycles. The molecule has 4 rings (SSSR count). The lowest BCUT2D eigenvalue weighted by atomic mass is 9.54. The number of thioether (sulfide) groups is 1. The summed E-state index contributed by atoms with van der Waals surface area (Å²) >= 11 is 6.40. The highest BCUT2D eigenvalue weighted by atomic mass is 32.2. The zero-order chi connectivity index (χ0) is 10.5. The molecule has 4 aliphatic carbocycles. The van der Waals surface area contributed by atoms with Crippen molar-refractivity contribution in [1.29, 1.82) is 0 Å². The smallest absolute Gasteiger partial charge is 0.0666 e. The molecule has 0 aliphatic heterocycles. The molecule has 4 bridgehead atoms. The van der Waals surface area contributed by atoms with E-state index in [9.17, 15) is 5.11 Å². The van der Waals surface area contributed by atoms with Crippen LogP contribution in [0.4, 0.5) is 0 Å². The Morgan fingerprint density at radius 3 is 2.40 bits per heavy atom. The Kier molecular flexibility index (Phi) is 2.57. The molecule has 0 amide bonds. The summed E-state index contributed by atoms with van der Waals surface area (Å²) in [5.41, 5.74) is -0.284. The van der Waals surface area contributed by atoms with E-state index >= 15 is 0 Å². The maximum absolute atomic E-state index is 10.5. The summed E-state index contributed by atoms with van der Waals surface area (Å²) in [6, 6.07) is 0. The van der Waals surface area contributed by atoms with Crippen molar-refractivity contribution in [2.45, 2.75) is 48.9 Å². The second-order valence-corrected chi connectivity index (χ2v) is 7.95. The van der Waals surface area contributed by atoms with Crippen LogP contribution >= 0.6 is 24.4 Å². The van der Waals surface area contributed by atoms with Gasteiger partial charge in [0.15, 0.2) is 0 Å². The van der Waals surface area contributed by atoms with Crippen molar-refractivity contribution in [3.05, 3.63) is 0 Å². The lowest BCUT2D eigenvalue weighted by Gasteiger charge is -2.60. The van der Waals surface area contributed by atoms with E-state index in [1.54, 1.807) is 0 Å². The number of aliphatic hydroxyl groups is 1.